The summed E-state index contributed by atoms with van der Waals surface area (Å²) in [6, 6.07) is 14.7. The van der Waals surface area contributed by atoms with Gasteiger partial charge < -0.3 is 10.6 Å². The first-order valence-corrected chi connectivity index (χ1v) is 12.4. The molecule has 1 unspecified atom stereocenters. The zero-order valence-electron chi connectivity index (χ0n) is 19.3. The zero-order valence-corrected chi connectivity index (χ0v) is 20.9. The smallest absolute Gasteiger partial charge is 0.251 e. The maximum absolute atomic E-state index is 12.7. The first kappa shape index (κ1) is 24.3. The number of aromatic nitrogens is 3. The second-order valence-corrected chi connectivity index (χ2v) is 9.84. The van der Waals surface area contributed by atoms with Crippen LogP contribution in [0.2, 0.25) is 5.02 Å². The summed E-state index contributed by atoms with van der Waals surface area (Å²) in [6.07, 6.45) is 2.05. The Bertz CT molecular complexity index is 1180. The van der Waals surface area contributed by atoms with Gasteiger partial charge in [-0.3, -0.25) is 19.1 Å². The average Bonchev–Trinajstić information content (AvgIpc) is 3.53. The van der Waals surface area contributed by atoms with E-state index in [1.807, 2.05) is 54.8 Å². The first-order chi connectivity index (χ1) is 16.3. The average molecular weight is 499 g/mol. The molecule has 0 saturated heterocycles. The van der Waals surface area contributed by atoms with Gasteiger partial charge in [-0.05, 0) is 76.3 Å². The van der Waals surface area contributed by atoms with Crippen molar-refractivity contribution in [2.24, 2.45) is 0 Å². The van der Waals surface area contributed by atoms with Crippen molar-refractivity contribution >= 4 is 40.9 Å². The highest BCUT2D eigenvalue weighted by molar-refractivity contribution is 7.99. The number of benzene rings is 2. The van der Waals surface area contributed by atoms with Crippen molar-refractivity contribution in [3.63, 3.8) is 0 Å². The first-order valence-electron chi connectivity index (χ1n) is 11.0. The highest BCUT2D eigenvalue weighted by Crippen LogP contribution is 2.28. The number of carbonyl (C=O) groups is 2. The minimum Gasteiger partial charge on any atom is -0.349 e. The molecule has 1 heterocycles. The fraction of sp³-hybridized carbons (Fsp3) is 0.333. The molecule has 2 aromatic carbocycles. The highest BCUT2D eigenvalue weighted by atomic mass is 35.5. The lowest BCUT2D eigenvalue weighted by Crippen LogP contribution is -2.25. The van der Waals surface area contributed by atoms with E-state index in [-0.39, 0.29) is 29.7 Å². The summed E-state index contributed by atoms with van der Waals surface area (Å²) in [7, 11) is 3.95. The van der Waals surface area contributed by atoms with Gasteiger partial charge in [-0.1, -0.05) is 29.4 Å². The predicted molar refractivity (Wildman–Crippen MR) is 135 cm³/mol. The third kappa shape index (κ3) is 5.97. The number of carbonyl (C=O) groups excluding carboxylic acids is 2. The SMILES string of the molecule is CC(c1nnc(SCC(=O)Nc2cccc(C(=O)NC3CC3)c2)n1-c1ccc(Cl)cc1)N(C)C. The molecule has 1 aliphatic rings. The second kappa shape index (κ2) is 10.6. The van der Waals surface area contributed by atoms with Gasteiger partial charge in [-0.2, -0.15) is 0 Å². The fourth-order valence-electron chi connectivity index (χ4n) is 3.27. The molecule has 1 atom stereocenters. The molecule has 2 amide bonds. The monoisotopic (exact) mass is 498 g/mol. The molecule has 10 heteroatoms. The van der Waals surface area contributed by atoms with E-state index < -0.39 is 0 Å². The van der Waals surface area contributed by atoms with E-state index in [4.69, 9.17) is 11.6 Å². The molecule has 0 bridgehead atoms. The maximum atomic E-state index is 12.7. The van der Waals surface area contributed by atoms with E-state index >= 15 is 0 Å². The van der Waals surface area contributed by atoms with Crippen LogP contribution < -0.4 is 10.6 Å². The van der Waals surface area contributed by atoms with Gasteiger partial charge >= 0.3 is 0 Å². The lowest BCUT2D eigenvalue weighted by molar-refractivity contribution is -0.113. The van der Waals surface area contributed by atoms with Crippen LogP contribution in [0.15, 0.2) is 53.7 Å². The number of nitrogens with one attached hydrogen (secondary N) is 2. The van der Waals surface area contributed by atoms with Crippen LogP contribution in [0, 0.1) is 0 Å². The number of hydrogen-bond acceptors (Lipinski definition) is 6. The third-order valence-corrected chi connectivity index (χ3v) is 6.73. The van der Waals surface area contributed by atoms with E-state index in [1.165, 1.54) is 11.8 Å². The van der Waals surface area contributed by atoms with Crippen molar-refractivity contribution in [3.05, 3.63) is 64.9 Å². The molecule has 1 saturated carbocycles. The summed E-state index contributed by atoms with van der Waals surface area (Å²) >= 11 is 7.37. The van der Waals surface area contributed by atoms with Gasteiger partial charge in [0.1, 0.15) is 0 Å². The van der Waals surface area contributed by atoms with Gasteiger partial charge in [-0.15, -0.1) is 10.2 Å². The standard InChI is InChI=1S/C24H27ClN6O2S/c1-15(30(2)3)22-28-29-24(31(22)20-11-7-17(25)8-12-20)34-14-21(32)26-19-6-4-5-16(13-19)23(33)27-18-9-10-18/h4-8,11-13,15,18H,9-10,14H2,1-3H3,(H,26,32)(H,27,33). The van der Waals surface area contributed by atoms with Crippen molar-refractivity contribution in [2.45, 2.75) is 37.0 Å². The minimum absolute atomic E-state index is 0.0101. The Balaban J connectivity index is 1.46. The van der Waals surface area contributed by atoms with Crippen LogP contribution in [0.5, 0.6) is 0 Å². The van der Waals surface area contributed by atoms with Crippen LogP contribution >= 0.6 is 23.4 Å². The van der Waals surface area contributed by atoms with Crippen molar-refractivity contribution < 1.29 is 9.59 Å². The summed E-state index contributed by atoms with van der Waals surface area (Å²) in [5, 5.41) is 15.8. The Labute approximate surface area is 208 Å². The van der Waals surface area contributed by atoms with E-state index in [9.17, 15) is 9.59 Å². The van der Waals surface area contributed by atoms with Gasteiger partial charge in [0.15, 0.2) is 11.0 Å². The summed E-state index contributed by atoms with van der Waals surface area (Å²) in [4.78, 5) is 27.0. The lowest BCUT2D eigenvalue weighted by atomic mass is 10.2. The Morgan fingerprint density at radius 1 is 1.18 bits per heavy atom. The highest BCUT2D eigenvalue weighted by Gasteiger charge is 2.24. The van der Waals surface area contributed by atoms with Crippen LogP contribution in [0.4, 0.5) is 5.69 Å². The van der Waals surface area contributed by atoms with Crippen molar-refractivity contribution in [2.75, 3.05) is 25.2 Å². The number of nitrogens with zero attached hydrogens (tertiary/aromatic N) is 4. The minimum atomic E-state index is -0.197. The number of amides is 2. The van der Waals surface area contributed by atoms with Crippen LogP contribution in [0.3, 0.4) is 0 Å². The second-order valence-electron chi connectivity index (χ2n) is 8.46. The van der Waals surface area contributed by atoms with Gasteiger partial charge in [-0.25, -0.2) is 0 Å². The van der Waals surface area contributed by atoms with Gasteiger partial charge in [0.2, 0.25) is 5.91 Å². The molecule has 0 spiro atoms. The number of hydrogen-bond donors (Lipinski definition) is 2. The molecule has 8 nitrogen and oxygen atoms in total. The van der Waals surface area contributed by atoms with E-state index in [2.05, 4.69) is 20.8 Å². The van der Waals surface area contributed by atoms with Crippen molar-refractivity contribution in [1.82, 2.24) is 25.0 Å². The fourth-order valence-corrected chi connectivity index (χ4v) is 4.16. The molecule has 178 valence electrons. The predicted octanol–water partition coefficient (Wildman–Crippen LogP) is 4.17. The quantitative estimate of drug-likeness (QED) is 0.430. The molecule has 0 radical (unpaired) electrons. The normalized spacial score (nSPS) is 14.1. The maximum Gasteiger partial charge on any atom is 0.251 e. The summed E-state index contributed by atoms with van der Waals surface area (Å²) in [5.74, 6) is 0.592. The van der Waals surface area contributed by atoms with Crippen LogP contribution in [-0.4, -0.2) is 57.4 Å². The summed E-state index contributed by atoms with van der Waals surface area (Å²) in [5.41, 5.74) is 1.98. The number of anilines is 1. The topological polar surface area (TPSA) is 92.1 Å². The number of halogens is 1. The Morgan fingerprint density at radius 3 is 2.59 bits per heavy atom. The van der Waals surface area contributed by atoms with E-state index in [0.717, 1.165) is 24.4 Å². The molecular formula is C24H27ClN6O2S. The van der Waals surface area contributed by atoms with Crippen molar-refractivity contribution in [1.29, 1.82) is 0 Å². The third-order valence-electron chi connectivity index (χ3n) is 5.54. The molecule has 3 aromatic rings. The number of thioether (sulfide) groups is 1. The van der Waals surface area contributed by atoms with Crippen LogP contribution in [-0.2, 0) is 4.79 Å². The van der Waals surface area contributed by atoms with Crippen LogP contribution in [0.25, 0.3) is 5.69 Å². The summed E-state index contributed by atoms with van der Waals surface area (Å²) in [6.45, 7) is 2.05. The van der Waals surface area contributed by atoms with Crippen molar-refractivity contribution in [3.8, 4) is 5.69 Å². The molecular weight excluding hydrogens is 472 g/mol. The Morgan fingerprint density at radius 2 is 1.91 bits per heavy atom. The molecule has 1 aliphatic carbocycles. The molecule has 0 aliphatic heterocycles. The summed E-state index contributed by atoms with van der Waals surface area (Å²) < 4.78 is 1.95. The van der Waals surface area contributed by atoms with Gasteiger partial charge in [0.25, 0.3) is 5.91 Å². The molecule has 4 rings (SSSR count). The Hall–Kier alpha value is -2.88. The molecule has 1 fully saturated rings. The van der Waals surface area contributed by atoms with E-state index in [0.29, 0.717) is 21.4 Å². The van der Waals surface area contributed by atoms with E-state index in [1.54, 1.807) is 24.3 Å². The number of rotatable bonds is 9. The largest absolute Gasteiger partial charge is 0.349 e. The lowest BCUT2D eigenvalue weighted by Gasteiger charge is -2.20. The van der Waals surface area contributed by atoms with Crippen LogP contribution in [0.1, 0.15) is 42.0 Å². The van der Waals surface area contributed by atoms with Gasteiger partial charge in [0.05, 0.1) is 11.8 Å². The molecule has 34 heavy (non-hydrogen) atoms. The zero-order chi connectivity index (χ0) is 24.2. The Kier molecular flexibility index (Phi) is 7.55. The molecule has 2 N–H and O–H groups in total. The molecule has 1 aromatic heterocycles. The van der Waals surface area contributed by atoms with Gasteiger partial charge in [0, 0.05) is 28.0 Å².